The topological polar surface area (TPSA) is 92.5 Å². The number of nitrogens with one attached hydrogen (secondary N) is 1. The Balaban J connectivity index is 2.07. The number of benzene rings is 2. The molecule has 120 valence electrons. The molecule has 0 aliphatic rings. The van der Waals surface area contributed by atoms with Gasteiger partial charge in [-0.1, -0.05) is 30.3 Å². The first-order valence-electron chi connectivity index (χ1n) is 7.17. The van der Waals surface area contributed by atoms with E-state index in [1.54, 1.807) is 13.0 Å². The first-order valence-corrected chi connectivity index (χ1v) is 7.17. The lowest BCUT2D eigenvalue weighted by Gasteiger charge is -2.14. The maximum Gasteiger partial charge on any atom is 0.273 e. The van der Waals surface area contributed by atoms with Crippen molar-refractivity contribution in [2.45, 2.75) is 20.0 Å². The molecule has 6 nitrogen and oxygen atoms in total. The molecule has 2 aromatic carbocycles. The van der Waals surface area contributed by atoms with E-state index in [-0.39, 0.29) is 17.8 Å². The van der Waals surface area contributed by atoms with Crippen LogP contribution in [0.3, 0.4) is 0 Å². The predicted molar refractivity (Wildman–Crippen MR) is 86.3 cm³/mol. The van der Waals surface area contributed by atoms with Crippen LogP contribution in [0.5, 0.6) is 0 Å². The number of carbonyl (C=O) groups excluding carboxylic acids is 1. The van der Waals surface area contributed by atoms with Gasteiger partial charge in [0.05, 0.1) is 11.0 Å². The number of nitro groups is 1. The fraction of sp³-hybridized carbons (Fsp3) is 0.235. The monoisotopic (exact) mass is 314 g/mol. The number of aliphatic hydroxyl groups excluding tert-OH is 1. The smallest absolute Gasteiger partial charge is 0.273 e. The third-order valence-electron chi connectivity index (χ3n) is 3.67. The Bertz CT molecular complexity index is 743. The number of rotatable bonds is 5. The molecule has 1 unspecified atom stereocenters. The third-order valence-corrected chi connectivity index (χ3v) is 3.67. The zero-order valence-corrected chi connectivity index (χ0v) is 12.9. The van der Waals surface area contributed by atoms with Crippen molar-refractivity contribution in [3.63, 3.8) is 0 Å². The van der Waals surface area contributed by atoms with Crippen molar-refractivity contribution in [3.8, 4) is 0 Å². The second-order valence-electron chi connectivity index (χ2n) is 5.34. The zero-order valence-electron chi connectivity index (χ0n) is 12.9. The van der Waals surface area contributed by atoms with Gasteiger partial charge in [-0.3, -0.25) is 14.9 Å². The number of carbonyl (C=O) groups is 1. The van der Waals surface area contributed by atoms with Crippen LogP contribution in [-0.4, -0.2) is 22.5 Å². The van der Waals surface area contributed by atoms with Crippen LogP contribution in [0.4, 0.5) is 5.69 Å². The normalized spacial score (nSPS) is 11.8. The van der Waals surface area contributed by atoms with Crippen LogP contribution in [0.2, 0.25) is 0 Å². The molecule has 6 heteroatoms. The first kappa shape index (κ1) is 16.6. The van der Waals surface area contributed by atoms with Crippen LogP contribution in [0.25, 0.3) is 0 Å². The minimum absolute atomic E-state index is 0.0331. The highest BCUT2D eigenvalue weighted by Crippen LogP contribution is 2.20. The summed E-state index contributed by atoms with van der Waals surface area (Å²) in [6.45, 7) is 3.52. The zero-order chi connectivity index (χ0) is 17.0. The quantitative estimate of drug-likeness (QED) is 0.655. The van der Waals surface area contributed by atoms with Gasteiger partial charge in [-0.2, -0.15) is 0 Å². The number of nitrogens with zero attached hydrogens (tertiary/aromatic N) is 1. The van der Waals surface area contributed by atoms with E-state index >= 15 is 0 Å². The van der Waals surface area contributed by atoms with Gasteiger partial charge in [0, 0.05) is 23.7 Å². The molecule has 0 radical (unpaired) electrons. The molecule has 0 fully saturated rings. The molecule has 0 spiro atoms. The van der Waals surface area contributed by atoms with Gasteiger partial charge in [0.1, 0.15) is 0 Å². The van der Waals surface area contributed by atoms with E-state index in [9.17, 15) is 20.0 Å². The Kier molecular flexibility index (Phi) is 5.08. The third kappa shape index (κ3) is 3.92. The number of aryl methyl sites for hydroxylation is 2. The van der Waals surface area contributed by atoms with E-state index in [1.165, 1.54) is 18.2 Å². The van der Waals surface area contributed by atoms with E-state index < -0.39 is 16.9 Å². The highest BCUT2D eigenvalue weighted by atomic mass is 16.6. The van der Waals surface area contributed by atoms with Gasteiger partial charge < -0.3 is 10.4 Å². The molecule has 1 atom stereocenters. The van der Waals surface area contributed by atoms with Crippen LogP contribution >= 0.6 is 0 Å². The predicted octanol–water partition coefficient (Wildman–Crippen LogP) is 2.68. The maximum absolute atomic E-state index is 12.1. The Morgan fingerprint density at radius 3 is 2.57 bits per heavy atom. The Labute approximate surface area is 133 Å². The van der Waals surface area contributed by atoms with Gasteiger partial charge >= 0.3 is 0 Å². The Morgan fingerprint density at radius 2 is 1.91 bits per heavy atom. The number of hydrogen-bond acceptors (Lipinski definition) is 4. The molecule has 0 saturated carbocycles. The lowest BCUT2D eigenvalue weighted by Crippen LogP contribution is -2.28. The molecule has 0 aliphatic heterocycles. The summed E-state index contributed by atoms with van der Waals surface area (Å²) in [5.41, 5.74) is 2.26. The average molecular weight is 314 g/mol. The van der Waals surface area contributed by atoms with Crippen LogP contribution < -0.4 is 5.32 Å². The van der Waals surface area contributed by atoms with Crippen LogP contribution in [0, 0.1) is 24.0 Å². The molecule has 1 amide bonds. The van der Waals surface area contributed by atoms with Crippen LogP contribution in [0.1, 0.15) is 33.2 Å². The summed E-state index contributed by atoms with van der Waals surface area (Å²) >= 11 is 0. The van der Waals surface area contributed by atoms with Gasteiger partial charge in [0.25, 0.3) is 11.6 Å². The molecule has 0 heterocycles. The lowest BCUT2D eigenvalue weighted by molar-refractivity contribution is -0.385. The highest BCUT2D eigenvalue weighted by molar-refractivity contribution is 5.95. The van der Waals surface area contributed by atoms with Gasteiger partial charge in [-0.15, -0.1) is 0 Å². The standard InChI is InChI=1S/C17H18N2O4/c1-11-5-3-4-6-14(11)16(20)10-18-17(21)13-8-7-12(2)15(9-13)19(22)23/h3-9,16,20H,10H2,1-2H3,(H,18,21). The van der Waals surface area contributed by atoms with E-state index in [0.29, 0.717) is 5.56 Å². The largest absolute Gasteiger partial charge is 0.387 e. The molecule has 0 aromatic heterocycles. The van der Waals surface area contributed by atoms with E-state index in [1.807, 2.05) is 25.1 Å². The summed E-state index contributed by atoms with van der Waals surface area (Å²) in [5, 5.41) is 23.7. The second kappa shape index (κ2) is 7.02. The van der Waals surface area contributed by atoms with Crippen molar-refractivity contribution in [1.29, 1.82) is 0 Å². The Morgan fingerprint density at radius 1 is 1.22 bits per heavy atom. The van der Waals surface area contributed by atoms with E-state index in [0.717, 1.165) is 11.1 Å². The van der Waals surface area contributed by atoms with Crippen molar-refractivity contribution in [1.82, 2.24) is 5.32 Å². The Hall–Kier alpha value is -2.73. The van der Waals surface area contributed by atoms with Crippen molar-refractivity contribution in [2.75, 3.05) is 6.54 Å². The van der Waals surface area contributed by atoms with Crippen molar-refractivity contribution in [3.05, 3.63) is 74.8 Å². The molecule has 2 rings (SSSR count). The lowest BCUT2D eigenvalue weighted by atomic mass is 10.0. The average Bonchev–Trinajstić information content (AvgIpc) is 2.52. The SMILES string of the molecule is Cc1ccccc1C(O)CNC(=O)c1ccc(C)c([N+](=O)[O-])c1. The van der Waals surface area contributed by atoms with Crippen molar-refractivity contribution < 1.29 is 14.8 Å². The summed E-state index contributed by atoms with van der Waals surface area (Å²) in [4.78, 5) is 22.5. The molecular formula is C17H18N2O4. The van der Waals surface area contributed by atoms with E-state index in [4.69, 9.17) is 0 Å². The number of nitro benzene ring substituents is 1. The summed E-state index contributed by atoms with van der Waals surface area (Å²) in [6.07, 6.45) is -0.833. The summed E-state index contributed by atoms with van der Waals surface area (Å²) < 4.78 is 0. The van der Waals surface area contributed by atoms with Crippen LogP contribution in [0.15, 0.2) is 42.5 Å². The maximum atomic E-state index is 12.1. The van der Waals surface area contributed by atoms with Crippen LogP contribution in [-0.2, 0) is 0 Å². The first-order chi connectivity index (χ1) is 10.9. The van der Waals surface area contributed by atoms with Crippen molar-refractivity contribution >= 4 is 11.6 Å². The molecule has 0 bridgehead atoms. The molecule has 0 aliphatic carbocycles. The minimum atomic E-state index is -0.833. The molecule has 2 N–H and O–H groups in total. The second-order valence-corrected chi connectivity index (χ2v) is 5.34. The van der Waals surface area contributed by atoms with E-state index in [2.05, 4.69) is 5.32 Å². The summed E-state index contributed by atoms with van der Waals surface area (Å²) in [6, 6.07) is 11.7. The summed E-state index contributed by atoms with van der Waals surface area (Å²) in [7, 11) is 0. The summed E-state index contributed by atoms with van der Waals surface area (Å²) in [5.74, 6) is -0.458. The number of amides is 1. The number of aliphatic hydroxyl groups is 1. The molecule has 0 saturated heterocycles. The number of hydrogen-bond donors (Lipinski definition) is 2. The van der Waals surface area contributed by atoms with Gasteiger partial charge in [-0.05, 0) is 31.0 Å². The van der Waals surface area contributed by atoms with Gasteiger partial charge in [0.2, 0.25) is 0 Å². The van der Waals surface area contributed by atoms with Gasteiger partial charge in [-0.25, -0.2) is 0 Å². The fourth-order valence-electron chi connectivity index (χ4n) is 2.31. The molecular weight excluding hydrogens is 296 g/mol. The highest BCUT2D eigenvalue weighted by Gasteiger charge is 2.16. The minimum Gasteiger partial charge on any atom is -0.387 e. The van der Waals surface area contributed by atoms with Crippen molar-refractivity contribution in [2.24, 2.45) is 0 Å². The fourth-order valence-corrected chi connectivity index (χ4v) is 2.31. The molecule has 2 aromatic rings. The van der Waals surface area contributed by atoms with Gasteiger partial charge in [0.15, 0.2) is 0 Å². The molecule has 23 heavy (non-hydrogen) atoms.